The van der Waals surface area contributed by atoms with Crippen LogP contribution in [0, 0.1) is 5.92 Å². The Bertz CT molecular complexity index is 76.6. The van der Waals surface area contributed by atoms with E-state index < -0.39 is 0 Å². The van der Waals surface area contributed by atoms with Gasteiger partial charge in [0.05, 0.1) is 6.10 Å². The number of rotatable bonds is 2. The zero-order valence-corrected chi connectivity index (χ0v) is 5.17. The van der Waals surface area contributed by atoms with E-state index in [4.69, 9.17) is 10.8 Å². The summed E-state index contributed by atoms with van der Waals surface area (Å²) in [4.78, 5) is 0. The highest BCUT2D eigenvalue weighted by Gasteiger charge is 2.30. The fraction of sp³-hybridized carbons (Fsp3) is 1.00. The normalized spacial score (nSPS) is 27.4. The largest absolute Gasteiger partial charge is 0.392 e. The second-order valence-corrected chi connectivity index (χ2v) is 2.66. The van der Waals surface area contributed by atoms with Crippen molar-refractivity contribution in [2.24, 2.45) is 11.7 Å². The van der Waals surface area contributed by atoms with Gasteiger partial charge in [-0.1, -0.05) is 0 Å². The van der Waals surface area contributed by atoms with Gasteiger partial charge in [0.2, 0.25) is 0 Å². The van der Waals surface area contributed by atoms with Gasteiger partial charge in [0.1, 0.15) is 0 Å². The van der Waals surface area contributed by atoms with Crippen molar-refractivity contribution in [3.05, 3.63) is 0 Å². The maximum atomic E-state index is 8.91. The van der Waals surface area contributed by atoms with Crippen molar-refractivity contribution < 1.29 is 5.11 Å². The van der Waals surface area contributed by atoms with E-state index in [0.717, 1.165) is 0 Å². The monoisotopic (exact) mass is 115 g/mol. The zero-order chi connectivity index (χ0) is 6.15. The van der Waals surface area contributed by atoms with Gasteiger partial charge in [-0.15, -0.1) is 0 Å². The van der Waals surface area contributed by atoms with Crippen LogP contribution in [-0.2, 0) is 0 Å². The summed E-state index contributed by atoms with van der Waals surface area (Å²) in [6.07, 6.45) is 2.11. The maximum Gasteiger partial charge on any atom is 0.0665 e. The lowest BCUT2D eigenvalue weighted by molar-refractivity contribution is 0.154. The topological polar surface area (TPSA) is 46.2 Å². The quantitative estimate of drug-likeness (QED) is 0.536. The van der Waals surface area contributed by atoms with Gasteiger partial charge < -0.3 is 10.8 Å². The molecule has 1 fully saturated rings. The molecule has 2 atom stereocenters. The molecule has 0 spiro atoms. The summed E-state index contributed by atoms with van der Waals surface area (Å²) in [6, 6.07) is 0.0370. The fourth-order valence-corrected chi connectivity index (χ4v) is 0.875. The van der Waals surface area contributed by atoms with E-state index in [1.165, 1.54) is 12.8 Å². The van der Waals surface area contributed by atoms with Crippen LogP contribution in [-0.4, -0.2) is 17.3 Å². The first-order valence-electron chi connectivity index (χ1n) is 3.15. The molecular formula is C6H13NO. The van der Waals surface area contributed by atoms with Crippen LogP contribution in [0.2, 0.25) is 0 Å². The molecule has 0 bridgehead atoms. The minimum Gasteiger partial charge on any atom is -0.392 e. The minimum atomic E-state index is -0.317. The molecule has 0 aromatic carbocycles. The molecule has 8 heavy (non-hydrogen) atoms. The molecule has 48 valence electrons. The highest BCUT2D eigenvalue weighted by Crippen LogP contribution is 2.32. The molecule has 0 aromatic rings. The van der Waals surface area contributed by atoms with E-state index in [2.05, 4.69) is 0 Å². The van der Waals surface area contributed by atoms with E-state index in [1.54, 1.807) is 6.92 Å². The molecule has 0 heterocycles. The van der Waals surface area contributed by atoms with Crippen molar-refractivity contribution in [2.75, 3.05) is 0 Å². The van der Waals surface area contributed by atoms with Crippen molar-refractivity contribution in [3.8, 4) is 0 Å². The first-order chi connectivity index (χ1) is 3.72. The molecule has 3 N–H and O–H groups in total. The Morgan fingerprint density at radius 3 is 2.25 bits per heavy atom. The van der Waals surface area contributed by atoms with Crippen LogP contribution in [0.5, 0.6) is 0 Å². The van der Waals surface area contributed by atoms with Crippen LogP contribution in [0.3, 0.4) is 0 Å². The van der Waals surface area contributed by atoms with E-state index in [0.29, 0.717) is 5.92 Å². The van der Waals surface area contributed by atoms with Crippen LogP contribution in [0.4, 0.5) is 0 Å². The van der Waals surface area contributed by atoms with Gasteiger partial charge in [-0.05, 0) is 25.7 Å². The first kappa shape index (κ1) is 6.05. The first-order valence-corrected chi connectivity index (χ1v) is 3.15. The molecule has 0 saturated heterocycles. The number of hydrogen-bond donors (Lipinski definition) is 2. The van der Waals surface area contributed by atoms with Crippen molar-refractivity contribution >= 4 is 0 Å². The number of aliphatic hydroxyl groups is 1. The summed E-state index contributed by atoms with van der Waals surface area (Å²) < 4.78 is 0. The third-order valence-electron chi connectivity index (χ3n) is 1.72. The Hall–Kier alpha value is -0.0800. The van der Waals surface area contributed by atoms with Crippen molar-refractivity contribution in [3.63, 3.8) is 0 Å². The lowest BCUT2D eigenvalue weighted by Crippen LogP contribution is -2.34. The van der Waals surface area contributed by atoms with E-state index >= 15 is 0 Å². The van der Waals surface area contributed by atoms with Gasteiger partial charge in [0, 0.05) is 6.04 Å². The van der Waals surface area contributed by atoms with E-state index in [9.17, 15) is 0 Å². The molecule has 1 aliphatic rings. The molecule has 0 unspecified atom stereocenters. The maximum absolute atomic E-state index is 8.91. The Balaban J connectivity index is 2.22. The average molecular weight is 115 g/mol. The lowest BCUT2D eigenvalue weighted by atomic mass is 10.1. The number of nitrogens with two attached hydrogens (primary N) is 1. The Morgan fingerprint density at radius 1 is 1.62 bits per heavy atom. The molecule has 0 radical (unpaired) electrons. The molecule has 1 rings (SSSR count). The van der Waals surface area contributed by atoms with E-state index in [-0.39, 0.29) is 12.1 Å². The summed E-state index contributed by atoms with van der Waals surface area (Å²) in [5, 5.41) is 8.91. The summed E-state index contributed by atoms with van der Waals surface area (Å²) >= 11 is 0. The smallest absolute Gasteiger partial charge is 0.0665 e. The highest BCUT2D eigenvalue weighted by atomic mass is 16.3. The second-order valence-electron chi connectivity index (χ2n) is 2.66. The molecule has 0 aliphatic heterocycles. The SMILES string of the molecule is C[C@H](O)[C@@H](N)C1CC1. The molecule has 2 heteroatoms. The van der Waals surface area contributed by atoms with Gasteiger partial charge in [0.15, 0.2) is 0 Å². The van der Waals surface area contributed by atoms with Crippen LogP contribution < -0.4 is 5.73 Å². The van der Waals surface area contributed by atoms with Crippen molar-refractivity contribution in [2.45, 2.75) is 31.9 Å². The van der Waals surface area contributed by atoms with Crippen LogP contribution in [0.25, 0.3) is 0 Å². The van der Waals surface area contributed by atoms with Gasteiger partial charge in [-0.25, -0.2) is 0 Å². The van der Waals surface area contributed by atoms with Crippen LogP contribution in [0.1, 0.15) is 19.8 Å². The van der Waals surface area contributed by atoms with Gasteiger partial charge in [0.25, 0.3) is 0 Å². The van der Waals surface area contributed by atoms with E-state index in [1.807, 2.05) is 0 Å². The highest BCUT2D eigenvalue weighted by molar-refractivity contribution is 4.86. The van der Waals surface area contributed by atoms with Crippen LogP contribution >= 0.6 is 0 Å². The molecule has 2 nitrogen and oxygen atoms in total. The third kappa shape index (κ3) is 1.20. The number of hydrogen-bond acceptors (Lipinski definition) is 2. The molecular weight excluding hydrogens is 102 g/mol. The van der Waals surface area contributed by atoms with Crippen molar-refractivity contribution in [1.82, 2.24) is 0 Å². The predicted octanol–water partition coefficient (Wildman–Crippen LogP) is 0.104. The summed E-state index contributed by atoms with van der Waals surface area (Å²) in [5.74, 6) is 0.620. The van der Waals surface area contributed by atoms with Crippen molar-refractivity contribution in [1.29, 1.82) is 0 Å². The average Bonchev–Trinajstić information content (AvgIpc) is 2.43. The molecule has 0 aromatic heterocycles. The predicted molar refractivity (Wildman–Crippen MR) is 32.4 cm³/mol. The zero-order valence-electron chi connectivity index (χ0n) is 5.17. The third-order valence-corrected chi connectivity index (χ3v) is 1.72. The second kappa shape index (κ2) is 2.03. The Labute approximate surface area is 49.7 Å². The Morgan fingerprint density at radius 2 is 2.12 bits per heavy atom. The lowest BCUT2D eigenvalue weighted by Gasteiger charge is -2.11. The number of aliphatic hydroxyl groups excluding tert-OH is 1. The van der Waals surface area contributed by atoms with Gasteiger partial charge in [-0.2, -0.15) is 0 Å². The summed E-state index contributed by atoms with van der Waals surface area (Å²) in [5.41, 5.74) is 5.57. The van der Waals surface area contributed by atoms with Crippen LogP contribution in [0.15, 0.2) is 0 Å². The van der Waals surface area contributed by atoms with Gasteiger partial charge >= 0.3 is 0 Å². The summed E-state index contributed by atoms with van der Waals surface area (Å²) in [7, 11) is 0. The molecule has 0 amide bonds. The standard InChI is InChI=1S/C6H13NO/c1-4(8)6(7)5-2-3-5/h4-6,8H,2-3,7H2,1H3/t4-,6+/m0/s1. The fourth-order valence-electron chi connectivity index (χ4n) is 0.875. The summed E-state index contributed by atoms with van der Waals surface area (Å²) in [6.45, 7) is 1.75. The minimum absolute atomic E-state index is 0.0370. The molecule has 1 saturated carbocycles. The molecule has 1 aliphatic carbocycles. The Kier molecular flexibility index (Phi) is 1.54. The van der Waals surface area contributed by atoms with Gasteiger partial charge in [-0.3, -0.25) is 0 Å².